The summed E-state index contributed by atoms with van der Waals surface area (Å²) in [5.74, 6) is -1.97. The first-order chi connectivity index (χ1) is 11.2. The van der Waals surface area contributed by atoms with Crippen LogP contribution in [0.15, 0.2) is 35.8 Å². The highest BCUT2D eigenvalue weighted by molar-refractivity contribution is 7.11. The molecule has 0 fully saturated rings. The highest BCUT2D eigenvalue weighted by Crippen LogP contribution is 2.45. The Morgan fingerprint density at radius 3 is 2.54 bits per heavy atom. The van der Waals surface area contributed by atoms with Gasteiger partial charge >= 0.3 is 6.18 Å². The van der Waals surface area contributed by atoms with Crippen LogP contribution in [-0.4, -0.2) is 28.4 Å². The van der Waals surface area contributed by atoms with Crippen LogP contribution in [0.3, 0.4) is 0 Å². The number of aromatic nitrogens is 1. The molecule has 1 aromatic carbocycles. The topological polar surface area (TPSA) is 73.1 Å². The normalized spacial score (nSPS) is 14.2. The molecule has 0 radical (unpaired) electrons. The van der Waals surface area contributed by atoms with Crippen molar-refractivity contribution < 1.29 is 27.3 Å². The molecule has 128 valence electrons. The quantitative estimate of drug-likeness (QED) is 0.340. The Morgan fingerprint density at radius 2 is 2.04 bits per heavy atom. The summed E-state index contributed by atoms with van der Waals surface area (Å²) < 4.78 is 54.7. The lowest BCUT2D eigenvalue weighted by Gasteiger charge is -2.32. The molecular formula is C14H10F4N2O3S. The van der Waals surface area contributed by atoms with Crippen molar-refractivity contribution in [1.29, 1.82) is 0 Å². The first-order valence-electron chi connectivity index (χ1n) is 6.53. The zero-order chi connectivity index (χ0) is 18.0. The molecular weight excluding hydrogens is 352 g/mol. The summed E-state index contributed by atoms with van der Waals surface area (Å²) >= 11 is 0.828. The number of carbonyl (C=O) groups is 1. The van der Waals surface area contributed by atoms with Gasteiger partial charge in [-0.3, -0.25) is 14.9 Å². The van der Waals surface area contributed by atoms with Crippen molar-refractivity contribution in [2.45, 2.75) is 18.0 Å². The van der Waals surface area contributed by atoms with Crippen LogP contribution in [0.25, 0.3) is 0 Å². The van der Waals surface area contributed by atoms with Crippen LogP contribution < -0.4 is 0 Å². The number of rotatable bonds is 6. The molecule has 24 heavy (non-hydrogen) atoms. The number of hydrogen-bond donors (Lipinski definition) is 0. The lowest BCUT2D eigenvalue weighted by atomic mass is 9.75. The summed E-state index contributed by atoms with van der Waals surface area (Å²) in [6.45, 7) is -1.59. The van der Waals surface area contributed by atoms with Crippen molar-refractivity contribution in [1.82, 2.24) is 4.98 Å². The lowest BCUT2D eigenvalue weighted by Crippen LogP contribution is -2.49. The van der Waals surface area contributed by atoms with Gasteiger partial charge in [0.25, 0.3) is 0 Å². The van der Waals surface area contributed by atoms with Gasteiger partial charge in [0.2, 0.25) is 6.54 Å². The van der Waals surface area contributed by atoms with E-state index in [0.29, 0.717) is 6.07 Å². The molecule has 0 aliphatic heterocycles. The standard InChI is InChI=1S/C14H10F4N2O3S/c15-10-3-1-2-9(6-10)13(8-20(22)23,14(16,17)18)7-11(21)12-19-4-5-24-12/h1-6H,7-8H2/t13-/m1/s1. The molecule has 0 saturated heterocycles. The first kappa shape index (κ1) is 18.0. The van der Waals surface area contributed by atoms with Gasteiger partial charge in [0.15, 0.2) is 16.2 Å². The van der Waals surface area contributed by atoms with Gasteiger partial charge in [-0.25, -0.2) is 9.37 Å². The van der Waals surface area contributed by atoms with E-state index < -0.39 is 46.6 Å². The van der Waals surface area contributed by atoms with E-state index in [1.54, 1.807) is 0 Å². The van der Waals surface area contributed by atoms with Crippen LogP contribution in [0.5, 0.6) is 0 Å². The number of benzene rings is 1. The molecule has 0 aliphatic carbocycles. The van der Waals surface area contributed by atoms with Crippen LogP contribution in [0.1, 0.15) is 21.8 Å². The van der Waals surface area contributed by atoms with E-state index in [4.69, 9.17) is 0 Å². The van der Waals surface area contributed by atoms with E-state index in [2.05, 4.69) is 4.98 Å². The molecule has 1 aromatic heterocycles. The molecule has 0 saturated carbocycles. The predicted molar refractivity (Wildman–Crippen MR) is 77.1 cm³/mol. The second kappa shape index (κ2) is 6.63. The fourth-order valence-electron chi connectivity index (χ4n) is 2.32. The molecule has 10 heteroatoms. The Hall–Kier alpha value is -2.36. The third-order valence-corrected chi connectivity index (χ3v) is 4.27. The number of halogens is 4. The second-order valence-corrected chi connectivity index (χ2v) is 5.91. The SMILES string of the molecule is O=C(C[C@@](C[N+](=O)[O-])(c1cccc(F)c1)C(F)(F)F)c1nccs1. The van der Waals surface area contributed by atoms with E-state index in [1.807, 2.05) is 0 Å². The summed E-state index contributed by atoms with van der Waals surface area (Å²) in [6.07, 6.45) is -5.13. The number of carbonyl (C=O) groups excluding carboxylic acids is 1. The first-order valence-corrected chi connectivity index (χ1v) is 7.41. The third-order valence-electron chi connectivity index (χ3n) is 3.45. The molecule has 0 aliphatic rings. The van der Waals surface area contributed by atoms with Gasteiger partial charge < -0.3 is 0 Å². The van der Waals surface area contributed by atoms with Gasteiger partial charge in [0, 0.05) is 22.9 Å². The van der Waals surface area contributed by atoms with Gasteiger partial charge in [-0.15, -0.1) is 11.3 Å². The van der Waals surface area contributed by atoms with Crippen LogP contribution in [0.4, 0.5) is 17.6 Å². The maximum absolute atomic E-state index is 13.8. The minimum Gasteiger partial charge on any atom is -0.291 e. The van der Waals surface area contributed by atoms with Gasteiger partial charge in [-0.2, -0.15) is 13.2 Å². The van der Waals surface area contributed by atoms with Gasteiger partial charge in [0.05, 0.1) is 0 Å². The van der Waals surface area contributed by atoms with E-state index in [1.165, 1.54) is 11.6 Å². The number of ketones is 1. The molecule has 0 unspecified atom stereocenters. The average molecular weight is 362 g/mol. The Kier molecular flexibility index (Phi) is 4.97. The highest BCUT2D eigenvalue weighted by atomic mass is 32.1. The van der Waals surface area contributed by atoms with Gasteiger partial charge in [-0.1, -0.05) is 12.1 Å². The van der Waals surface area contributed by atoms with Crippen molar-refractivity contribution in [2.75, 3.05) is 6.54 Å². The molecule has 2 rings (SSSR count). The van der Waals surface area contributed by atoms with Crippen molar-refractivity contribution >= 4 is 17.1 Å². The summed E-state index contributed by atoms with van der Waals surface area (Å²) in [5, 5.41) is 12.1. The number of alkyl halides is 3. The highest BCUT2D eigenvalue weighted by Gasteiger charge is 2.60. The number of nitrogens with zero attached hydrogens (tertiary/aromatic N) is 2. The van der Waals surface area contributed by atoms with Gasteiger partial charge in [-0.05, 0) is 17.7 Å². The van der Waals surface area contributed by atoms with Crippen LogP contribution in [0.2, 0.25) is 0 Å². The molecule has 5 nitrogen and oxygen atoms in total. The molecule has 0 spiro atoms. The van der Waals surface area contributed by atoms with Crippen LogP contribution in [0, 0.1) is 15.9 Å². The maximum Gasteiger partial charge on any atom is 0.405 e. The van der Waals surface area contributed by atoms with Crippen molar-refractivity contribution in [2.24, 2.45) is 0 Å². The zero-order valence-corrected chi connectivity index (χ0v) is 12.7. The Morgan fingerprint density at radius 1 is 1.33 bits per heavy atom. The minimum atomic E-state index is -5.14. The number of hydrogen-bond acceptors (Lipinski definition) is 5. The monoisotopic (exact) mass is 362 g/mol. The molecule has 0 bridgehead atoms. The summed E-state index contributed by atoms with van der Waals surface area (Å²) in [5.41, 5.74) is -3.81. The van der Waals surface area contributed by atoms with Crippen molar-refractivity contribution in [3.05, 3.63) is 62.3 Å². The van der Waals surface area contributed by atoms with E-state index in [0.717, 1.165) is 29.5 Å². The second-order valence-electron chi connectivity index (χ2n) is 5.02. The molecule has 0 N–H and O–H groups in total. The zero-order valence-electron chi connectivity index (χ0n) is 11.9. The van der Waals surface area contributed by atoms with E-state index in [-0.39, 0.29) is 5.01 Å². The smallest absolute Gasteiger partial charge is 0.291 e. The lowest BCUT2D eigenvalue weighted by molar-refractivity contribution is -0.501. The molecule has 1 atom stereocenters. The van der Waals surface area contributed by atoms with Crippen LogP contribution in [-0.2, 0) is 5.41 Å². The van der Waals surface area contributed by atoms with Gasteiger partial charge in [0.1, 0.15) is 5.82 Å². The van der Waals surface area contributed by atoms with Crippen molar-refractivity contribution in [3.63, 3.8) is 0 Å². The fourth-order valence-corrected chi connectivity index (χ4v) is 2.90. The average Bonchev–Trinajstić information content (AvgIpc) is 2.99. The summed E-state index contributed by atoms with van der Waals surface area (Å²) in [6, 6.07) is 3.42. The maximum atomic E-state index is 13.8. The number of Topliss-reactive ketones (excluding diaryl/α,β-unsaturated/α-hetero) is 1. The van der Waals surface area contributed by atoms with E-state index >= 15 is 0 Å². The third kappa shape index (κ3) is 3.58. The summed E-state index contributed by atoms with van der Waals surface area (Å²) in [4.78, 5) is 25.5. The molecule has 1 heterocycles. The number of thiazole rings is 1. The van der Waals surface area contributed by atoms with Crippen molar-refractivity contribution in [3.8, 4) is 0 Å². The predicted octanol–water partition coefficient (Wildman–Crippen LogP) is 3.63. The van der Waals surface area contributed by atoms with Crippen LogP contribution >= 0.6 is 11.3 Å². The fraction of sp³-hybridized carbons (Fsp3) is 0.286. The minimum absolute atomic E-state index is 0.191. The molecule has 0 amide bonds. The summed E-state index contributed by atoms with van der Waals surface area (Å²) in [7, 11) is 0. The number of nitro groups is 1. The Bertz CT molecular complexity index is 749. The Labute approximate surface area is 137 Å². The largest absolute Gasteiger partial charge is 0.405 e. The molecule has 2 aromatic rings. The Balaban J connectivity index is 2.57. The van der Waals surface area contributed by atoms with E-state index in [9.17, 15) is 32.5 Å².